The molecule has 0 unspecified atom stereocenters. The second-order valence-corrected chi connectivity index (χ2v) is 6.59. The first-order chi connectivity index (χ1) is 13.9. The van der Waals surface area contributed by atoms with Crippen LogP contribution in [0.4, 0.5) is 18.9 Å². The van der Waals surface area contributed by atoms with Crippen LogP contribution < -0.4 is 5.32 Å². The van der Waals surface area contributed by atoms with Gasteiger partial charge in [-0.25, -0.2) is 23.1 Å². The minimum absolute atomic E-state index is 0.263. The Balaban J connectivity index is 1.75. The molecule has 4 aromatic rings. The predicted octanol–water partition coefficient (Wildman–Crippen LogP) is 5.62. The lowest BCUT2D eigenvalue weighted by Crippen LogP contribution is -2.15. The molecular formula is C21H11ClF3N3O. The van der Waals surface area contributed by atoms with Crippen LogP contribution in [0.1, 0.15) is 10.4 Å². The molecule has 0 aliphatic heterocycles. The molecule has 1 N–H and O–H groups in total. The third kappa shape index (κ3) is 3.77. The average Bonchev–Trinajstić information content (AvgIpc) is 2.70. The highest BCUT2D eigenvalue weighted by molar-refractivity contribution is 6.31. The third-order valence-corrected chi connectivity index (χ3v) is 4.50. The number of amides is 1. The van der Waals surface area contributed by atoms with E-state index in [0.29, 0.717) is 33.2 Å². The maximum atomic E-state index is 14.3. The monoisotopic (exact) mass is 413 g/mol. The summed E-state index contributed by atoms with van der Waals surface area (Å²) in [4.78, 5) is 20.9. The lowest BCUT2D eigenvalue weighted by atomic mass is 10.0. The molecule has 144 valence electrons. The summed E-state index contributed by atoms with van der Waals surface area (Å²) in [5.41, 5.74) is 0.953. The van der Waals surface area contributed by atoms with Gasteiger partial charge >= 0.3 is 0 Å². The first-order valence-electron chi connectivity index (χ1n) is 8.39. The quantitative estimate of drug-likeness (QED) is 0.474. The van der Waals surface area contributed by atoms with Crippen molar-refractivity contribution in [3.05, 3.63) is 89.0 Å². The van der Waals surface area contributed by atoms with E-state index in [1.807, 2.05) is 0 Å². The highest BCUT2D eigenvalue weighted by atomic mass is 35.5. The lowest BCUT2D eigenvalue weighted by Gasteiger charge is -2.10. The van der Waals surface area contributed by atoms with E-state index in [0.717, 1.165) is 18.2 Å². The lowest BCUT2D eigenvalue weighted by molar-refractivity contribution is 0.102. The Kier molecular flexibility index (Phi) is 4.90. The molecule has 4 rings (SSSR count). The van der Waals surface area contributed by atoms with Crippen molar-refractivity contribution in [3.63, 3.8) is 0 Å². The van der Waals surface area contributed by atoms with Gasteiger partial charge < -0.3 is 5.32 Å². The van der Waals surface area contributed by atoms with E-state index in [-0.39, 0.29) is 11.3 Å². The number of nitrogens with one attached hydrogen (secondary N) is 1. The van der Waals surface area contributed by atoms with Gasteiger partial charge in [-0.15, -0.1) is 0 Å². The minimum Gasteiger partial charge on any atom is -0.319 e. The first-order valence-corrected chi connectivity index (χ1v) is 8.77. The zero-order valence-electron chi connectivity index (χ0n) is 14.6. The molecule has 3 aromatic carbocycles. The SMILES string of the molecule is O=C(Nc1ccc(F)cc1F)c1cc(-c2ncnc3ccc(Cl)cc23)ccc1F. The molecule has 0 atom stereocenters. The van der Waals surface area contributed by atoms with Crippen LogP contribution >= 0.6 is 11.6 Å². The Bertz CT molecular complexity index is 1260. The number of carbonyl (C=O) groups excluding carboxylic acids is 1. The predicted molar refractivity (Wildman–Crippen MR) is 104 cm³/mol. The summed E-state index contributed by atoms with van der Waals surface area (Å²) in [6.07, 6.45) is 1.35. The van der Waals surface area contributed by atoms with Crippen LogP contribution in [-0.4, -0.2) is 15.9 Å². The van der Waals surface area contributed by atoms with E-state index in [4.69, 9.17) is 11.6 Å². The van der Waals surface area contributed by atoms with Gasteiger partial charge in [0, 0.05) is 22.0 Å². The molecule has 0 radical (unpaired) electrons. The van der Waals surface area contributed by atoms with Crippen molar-refractivity contribution < 1.29 is 18.0 Å². The van der Waals surface area contributed by atoms with Gasteiger partial charge in [-0.2, -0.15) is 0 Å². The van der Waals surface area contributed by atoms with Gasteiger partial charge in [0.25, 0.3) is 5.91 Å². The Labute approximate surface area is 168 Å². The molecule has 0 aliphatic carbocycles. The fraction of sp³-hybridized carbons (Fsp3) is 0. The Morgan fingerprint density at radius 1 is 0.897 bits per heavy atom. The second kappa shape index (κ2) is 7.52. The van der Waals surface area contributed by atoms with Crippen molar-refractivity contribution in [2.24, 2.45) is 0 Å². The van der Waals surface area contributed by atoms with Gasteiger partial charge in [-0.1, -0.05) is 11.6 Å². The molecule has 1 amide bonds. The van der Waals surface area contributed by atoms with Gasteiger partial charge in [0.2, 0.25) is 0 Å². The van der Waals surface area contributed by atoms with E-state index in [1.165, 1.54) is 18.5 Å². The topological polar surface area (TPSA) is 54.9 Å². The zero-order valence-corrected chi connectivity index (χ0v) is 15.3. The molecule has 0 saturated carbocycles. The number of rotatable bonds is 3. The molecule has 1 heterocycles. The van der Waals surface area contributed by atoms with Crippen LogP contribution in [0.3, 0.4) is 0 Å². The molecule has 0 saturated heterocycles. The fourth-order valence-corrected chi connectivity index (χ4v) is 3.06. The summed E-state index contributed by atoms with van der Waals surface area (Å²) < 4.78 is 41.2. The molecule has 0 aliphatic rings. The smallest absolute Gasteiger partial charge is 0.258 e. The van der Waals surface area contributed by atoms with Crippen molar-refractivity contribution in [3.8, 4) is 11.3 Å². The highest BCUT2D eigenvalue weighted by Crippen LogP contribution is 2.29. The number of aromatic nitrogens is 2. The van der Waals surface area contributed by atoms with Crippen molar-refractivity contribution in [1.29, 1.82) is 0 Å². The molecule has 0 fully saturated rings. The van der Waals surface area contributed by atoms with Crippen molar-refractivity contribution in [2.75, 3.05) is 5.32 Å². The number of fused-ring (bicyclic) bond motifs is 1. The average molecular weight is 414 g/mol. The van der Waals surface area contributed by atoms with Crippen LogP contribution in [0.2, 0.25) is 5.02 Å². The number of hydrogen-bond acceptors (Lipinski definition) is 3. The summed E-state index contributed by atoms with van der Waals surface area (Å²) in [7, 11) is 0. The van der Waals surface area contributed by atoms with Crippen LogP contribution in [0.5, 0.6) is 0 Å². The largest absolute Gasteiger partial charge is 0.319 e. The van der Waals surface area contributed by atoms with Gasteiger partial charge in [0.15, 0.2) is 0 Å². The second-order valence-electron chi connectivity index (χ2n) is 6.16. The molecule has 29 heavy (non-hydrogen) atoms. The fourth-order valence-electron chi connectivity index (χ4n) is 2.89. The van der Waals surface area contributed by atoms with Gasteiger partial charge in [-0.3, -0.25) is 4.79 Å². The Morgan fingerprint density at radius 3 is 2.52 bits per heavy atom. The van der Waals surface area contributed by atoms with Crippen molar-refractivity contribution in [1.82, 2.24) is 9.97 Å². The molecular weight excluding hydrogens is 403 g/mol. The number of benzene rings is 3. The summed E-state index contributed by atoms with van der Waals surface area (Å²) in [5.74, 6) is -3.44. The zero-order chi connectivity index (χ0) is 20.5. The maximum Gasteiger partial charge on any atom is 0.258 e. The van der Waals surface area contributed by atoms with E-state index in [2.05, 4.69) is 15.3 Å². The van der Waals surface area contributed by atoms with Crippen LogP contribution in [0.15, 0.2) is 60.9 Å². The van der Waals surface area contributed by atoms with E-state index in [1.54, 1.807) is 18.2 Å². The van der Waals surface area contributed by atoms with Gasteiger partial charge in [0.05, 0.1) is 22.5 Å². The first kappa shape index (κ1) is 18.9. The van der Waals surface area contributed by atoms with Crippen LogP contribution in [0.25, 0.3) is 22.2 Å². The molecule has 1 aromatic heterocycles. The summed E-state index contributed by atoms with van der Waals surface area (Å²) in [6.45, 7) is 0. The van der Waals surface area contributed by atoms with Crippen molar-refractivity contribution in [2.45, 2.75) is 0 Å². The van der Waals surface area contributed by atoms with E-state index in [9.17, 15) is 18.0 Å². The molecule has 4 nitrogen and oxygen atoms in total. The Morgan fingerprint density at radius 2 is 1.72 bits per heavy atom. The van der Waals surface area contributed by atoms with Crippen LogP contribution in [0, 0.1) is 17.5 Å². The highest BCUT2D eigenvalue weighted by Gasteiger charge is 2.17. The van der Waals surface area contributed by atoms with E-state index >= 15 is 0 Å². The standard InChI is InChI=1S/C21H11ClF3N3O/c22-12-2-5-18-15(8-12)20(27-10-26-18)11-1-4-16(24)14(7-11)21(29)28-19-6-3-13(23)9-17(19)25/h1-10H,(H,28,29). The van der Waals surface area contributed by atoms with Gasteiger partial charge in [0.1, 0.15) is 23.8 Å². The maximum absolute atomic E-state index is 14.3. The number of carbonyl (C=O) groups is 1. The molecule has 0 spiro atoms. The summed E-state index contributed by atoms with van der Waals surface area (Å²) in [5, 5.41) is 3.35. The van der Waals surface area contributed by atoms with E-state index < -0.39 is 23.4 Å². The van der Waals surface area contributed by atoms with Crippen molar-refractivity contribution >= 4 is 34.1 Å². The molecule has 0 bridgehead atoms. The normalized spacial score (nSPS) is 10.9. The van der Waals surface area contributed by atoms with Crippen LogP contribution in [-0.2, 0) is 0 Å². The molecule has 8 heteroatoms. The Hall–Kier alpha value is -3.45. The number of anilines is 1. The minimum atomic E-state index is -0.966. The van der Waals surface area contributed by atoms with Gasteiger partial charge in [-0.05, 0) is 48.5 Å². The number of hydrogen-bond donors (Lipinski definition) is 1. The third-order valence-electron chi connectivity index (χ3n) is 4.26. The number of halogens is 4. The summed E-state index contributed by atoms with van der Waals surface area (Å²) in [6, 6.07) is 11.6. The summed E-state index contributed by atoms with van der Waals surface area (Å²) >= 11 is 6.06. The number of nitrogens with zero attached hydrogens (tertiary/aromatic N) is 2.